The summed E-state index contributed by atoms with van der Waals surface area (Å²) in [5.41, 5.74) is 2.47. The highest BCUT2D eigenvalue weighted by Crippen LogP contribution is 2.30. The summed E-state index contributed by atoms with van der Waals surface area (Å²) in [7, 11) is 0. The van der Waals surface area contributed by atoms with E-state index in [2.05, 4.69) is 52.3 Å². The van der Waals surface area contributed by atoms with Crippen molar-refractivity contribution in [3.05, 3.63) is 47.3 Å². The summed E-state index contributed by atoms with van der Waals surface area (Å²) in [6.45, 7) is 0. The van der Waals surface area contributed by atoms with E-state index in [4.69, 9.17) is 0 Å². The van der Waals surface area contributed by atoms with Crippen LogP contribution in [0.25, 0.3) is 21.0 Å². The normalized spacial score (nSPS) is 10.7. The predicted octanol–water partition coefficient (Wildman–Crippen LogP) is 4.47. The molecule has 0 aliphatic rings. The van der Waals surface area contributed by atoms with E-state index in [-0.39, 0.29) is 0 Å². The van der Waals surface area contributed by atoms with Crippen molar-refractivity contribution in [3.63, 3.8) is 0 Å². The van der Waals surface area contributed by atoms with Gasteiger partial charge in [-0.25, -0.2) is 0 Å². The van der Waals surface area contributed by atoms with Gasteiger partial charge in [0.1, 0.15) is 0 Å². The number of hydrogen-bond acceptors (Lipinski definition) is 2. The van der Waals surface area contributed by atoms with E-state index in [0.29, 0.717) is 0 Å². The molecule has 0 radical (unpaired) electrons. The molecule has 1 N–H and O–H groups in total. The molecule has 3 aromatic heterocycles. The summed E-state index contributed by atoms with van der Waals surface area (Å²) < 4.78 is 0. The van der Waals surface area contributed by atoms with Crippen LogP contribution >= 0.6 is 22.7 Å². The summed E-state index contributed by atoms with van der Waals surface area (Å²) >= 11 is 3.53. The number of hydrogen-bond donors (Lipinski definition) is 1. The second-order valence-electron chi connectivity index (χ2n) is 3.26. The van der Waals surface area contributed by atoms with Crippen LogP contribution in [0.15, 0.2) is 47.3 Å². The molecular weight excluding hydrogens is 222 g/mol. The minimum absolute atomic E-state index is 1.20. The summed E-state index contributed by atoms with van der Waals surface area (Å²) in [6, 6.07) is 10.6. The first-order valence-electron chi connectivity index (χ1n) is 4.70. The molecule has 0 amide bonds. The zero-order valence-corrected chi connectivity index (χ0v) is 9.57. The minimum Gasteiger partial charge on any atom is -0.360 e. The van der Waals surface area contributed by atoms with E-state index in [0.717, 1.165) is 0 Å². The largest absolute Gasteiger partial charge is 0.360 e. The van der Waals surface area contributed by atoms with E-state index in [1.54, 1.807) is 22.7 Å². The molecule has 0 saturated carbocycles. The highest BCUT2D eigenvalue weighted by atomic mass is 32.1. The molecular formula is C12H9NS2. The van der Waals surface area contributed by atoms with Crippen molar-refractivity contribution in [2.75, 3.05) is 0 Å². The van der Waals surface area contributed by atoms with Crippen LogP contribution in [0.2, 0.25) is 0 Å². The third-order valence-electron chi connectivity index (χ3n) is 2.28. The van der Waals surface area contributed by atoms with Gasteiger partial charge in [-0.2, -0.15) is 0 Å². The fraction of sp³-hybridized carbons (Fsp3) is 0. The van der Waals surface area contributed by atoms with E-state index >= 15 is 0 Å². The van der Waals surface area contributed by atoms with Crippen LogP contribution in [-0.4, -0.2) is 4.98 Å². The Bertz CT molecular complexity index is 483. The molecule has 0 saturated heterocycles. The third-order valence-corrected chi connectivity index (χ3v) is 4.10. The molecule has 0 bridgehead atoms. The second kappa shape index (κ2) is 3.68. The number of aromatic amines is 1. The fourth-order valence-corrected chi connectivity index (χ4v) is 2.97. The average molecular weight is 231 g/mol. The lowest BCUT2D eigenvalue weighted by atomic mass is 10.2. The Balaban J connectivity index is 2.02. The summed E-state index contributed by atoms with van der Waals surface area (Å²) in [5.74, 6) is 0. The number of rotatable bonds is 2. The zero-order valence-electron chi connectivity index (χ0n) is 7.94. The minimum atomic E-state index is 1.20. The van der Waals surface area contributed by atoms with E-state index < -0.39 is 0 Å². The van der Waals surface area contributed by atoms with Crippen molar-refractivity contribution in [2.45, 2.75) is 0 Å². The van der Waals surface area contributed by atoms with Gasteiger partial charge in [0.2, 0.25) is 0 Å². The lowest BCUT2D eigenvalue weighted by Gasteiger charge is -1.89. The second-order valence-corrected chi connectivity index (χ2v) is 5.15. The maximum absolute atomic E-state index is 3.31. The molecule has 3 aromatic rings. The molecule has 0 spiro atoms. The van der Waals surface area contributed by atoms with Crippen molar-refractivity contribution in [2.24, 2.45) is 0 Å². The van der Waals surface area contributed by atoms with Gasteiger partial charge in [0.15, 0.2) is 0 Å². The van der Waals surface area contributed by atoms with Gasteiger partial charge in [0.25, 0.3) is 0 Å². The first-order valence-corrected chi connectivity index (χ1v) is 6.45. The average Bonchev–Trinajstić information content (AvgIpc) is 3.02. The van der Waals surface area contributed by atoms with Crippen LogP contribution < -0.4 is 0 Å². The Kier molecular flexibility index (Phi) is 2.19. The van der Waals surface area contributed by atoms with Crippen molar-refractivity contribution >= 4 is 22.7 Å². The van der Waals surface area contributed by atoms with Gasteiger partial charge in [-0.1, -0.05) is 12.1 Å². The quantitative estimate of drug-likeness (QED) is 0.669. The zero-order chi connectivity index (χ0) is 10.1. The number of aromatic nitrogens is 1. The molecule has 0 unspecified atom stereocenters. The fourth-order valence-electron chi connectivity index (χ4n) is 1.55. The SMILES string of the molecule is c1csc(-c2c[nH]c(-c3cccs3)c2)c1. The van der Waals surface area contributed by atoms with Gasteiger partial charge in [-0.15, -0.1) is 22.7 Å². The predicted molar refractivity (Wildman–Crippen MR) is 67.4 cm³/mol. The van der Waals surface area contributed by atoms with Crippen LogP contribution in [-0.2, 0) is 0 Å². The van der Waals surface area contributed by atoms with Crippen LogP contribution in [0.3, 0.4) is 0 Å². The smallest absolute Gasteiger partial charge is 0.0562 e. The molecule has 74 valence electrons. The standard InChI is InChI=1S/C12H9NS2/c1-3-11(14-5-1)9-7-10(13-8-9)12-4-2-6-15-12/h1-8,13H. The maximum atomic E-state index is 3.31. The summed E-state index contributed by atoms with van der Waals surface area (Å²) in [4.78, 5) is 5.92. The molecule has 3 heteroatoms. The first-order chi connectivity index (χ1) is 7.43. The number of nitrogens with one attached hydrogen (secondary N) is 1. The summed E-state index contributed by atoms with van der Waals surface area (Å²) in [5, 5.41) is 4.20. The highest BCUT2D eigenvalue weighted by molar-refractivity contribution is 7.14. The van der Waals surface area contributed by atoms with Gasteiger partial charge in [-0.3, -0.25) is 0 Å². The Morgan fingerprint density at radius 3 is 2.33 bits per heavy atom. The van der Waals surface area contributed by atoms with E-state index in [1.807, 2.05) is 0 Å². The molecule has 0 aliphatic carbocycles. The molecule has 3 rings (SSSR count). The monoisotopic (exact) mass is 231 g/mol. The van der Waals surface area contributed by atoms with Gasteiger partial charge in [0, 0.05) is 16.6 Å². The Morgan fingerprint density at radius 1 is 0.933 bits per heavy atom. The van der Waals surface area contributed by atoms with Crippen molar-refractivity contribution in [3.8, 4) is 21.0 Å². The van der Waals surface area contributed by atoms with Crippen LogP contribution in [0, 0.1) is 0 Å². The van der Waals surface area contributed by atoms with Crippen molar-refractivity contribution < 1.29 is 0 Å². The number of thiophene rings is 2. The Morgan fingerprint density at radius 2 is 1.67 bits per heavy atom. The number of H-pyrrole nitrogens is 1. The Hall–Kier alpha value is -1.32. The van der Waals surface area contributed by atoms with E-state index in [1.165, 1.54) is 21.0 Å². The molecule has 1 nitrogen and oxygen atoms in total. The topological polar surface area (TPSA) is 15.8 Å². The van der Waals surface area contributed by atoms with Gasteiger partial charge < -0.3 is 4.98 Å². The maximum Gasteiger partial charge on any atom is 0.0562 e. The van der Waals surface area contributed by atoms with Gasteiger partial charge in [-0.05, 0) is 29.0 Å². The van der Waals surface area contributed by atoms with Crippen LogP contribution in [0.5, 0.6) is 0 Å². The molecule has 0 fully saturated rings. The molecule has 0 aliphatic heterocycles. The van der Waals surface area contributed by atoms with Gasteiger partial charge >= 0.3 is 0 Å². The Labute approximate surface area is 96.0 Å². The molecule has 3 heterocycles. The lowest BCUT2D eigenvalue weighted by Crippen LogP contribution is -1.66. The lowest BCUT2D eigenvalue weighted by molar-refractivity contribution is 1.42. The third kappa shape index (κ3) is 1.64. The van der Waals surface area contributed by atoms with Gasteiger partial charge in [0.05, 0.1) is 10.6 Å². The van der Waals surface area contributed by atoms with E-state index in [9.17, 15) is 0 Å². The van der Waals surface area contributed by atoms with Crippen molar-refractivity contribution in [1.82, 2.24) is 4.98 Å². The molecule has 0 atom stereocenters. The first kappa shape index (κ1) is 8.95. The summed E-state index contributed by atoms with van der Waals surface area (Å²) in [6.07, 6.45) is 2.07. The molecule has 0 aromatic carbocycles. The molecule has 15 heavy (non-hydrogen) atoms. The van der Waals surface area contributed by atoms with Crippen molar-refractivity contribution in [1.29, 1.82) is 0 Å². The van der Waals surface area contributed by atoms with Crippen LogP contribution in [0.1, 0.15) is 0 Å². The highest BCUT2D eigenvalue weighted by Gasteiger charge is 2.04. The van der Waals surface area contributed by atoms with Crippen LogP contribution in [0.4, 0.5) is 0 Å².